The summed E-state index contributed by atoms with van der Waals surface area (Å²) in [4.78, 5) is 39.8. The number of methoxy groups -OCH3 is 2. The van der Waals surface area contributed by atoms with Crippen LogP contribution in [0.15, 0.2) is 102 Å². The Hall–Kier alpha value is -4.94. The Kier molecular flexibility index (Phi) is 11.6. The summed E-state index contributed by atoms with van der Waals surface area (Å²) < 4.78 is 49.9. The molecule has 47 heavy (non-hydrogen) atoms. The summed E-state index contributed by atoms with van der Waals surface area (Å²) in [5.41, 5.74) is 0.201. The van der Waals surface area contributed by atoms with Crippen LogP contribution in [0.2, 0.25) is 5.02 Å². The molecule has 4 aromatic rings. The molecule has 0 aliphatic heterocycles. The van der Waals surface area contributed by atoms with E-state index >= 15 is 0 Å². The molecule has 1 atom stereocenters. The van der Waals surface area contributed by atoms with Crippen molar-refractivity contribution in [3.8, 4) is 11.5 Å². The van der Waals surface area contributed by atoms with Crippen molar-refractivity contribution in [1.29, 1.82) is 0 Å². The lowest BCUT2D eigenvalue weighted by Crippen LogP contribution is -2.30. The first-order chi connectivity index (χ1) is 22.4. The number of halogens is 4. The Balaban J connectivity index is 1.47. The van der Waals surface area contributed by atoms with Crippen LogP contribution in [0.1, 0.15) is 28.4 Å². The van der Waals surface area contributed by atoms with Crippen LogP contribution in [0.3, 0.4) is 0 Å². The molecule has 0 heterocycles. The van der Waals surface area contributed by atoms with E-state index in [1.165, 1.54) is 20.3 Å². The van der Waals surface area contributed by atoms with Crippen LogP contribution in [0.4, 0.5) is 24.5 Å². The molecule has 13 heteroatoms. The van der Waals surface area contributed by atoms with E-state index in [1.54, 1.807) is 79.7 Å². The van der Waals surface area contributed by atoms with E-state index in [0.29, 0.717) is 33.2 Å². The van der Waals surface area contributed by atoms with Crippen LogP contribution >= 0.6 is 23.4 Å². The molecule has 3 amide bonds. The third-order valence-electron chi connectivity index (χ3n) is 6.59. The zero-order valence-electron chi connectivity index (χ0n) is 25.3. The molecule has 0 saturated heterocycles. The van der Waals surface area contributed by atoms with Crippen molar-refractivity contribution >= 4 is 58.5 Å². The summed E-state index contributed by atoms with van der Waals surface area (Å²) >= 11 is 7.16. The van der Waals surface area contributed by atoms with Crippen LogP contribution in [0, 0.1) is 0 Å². The average Bonchev–Trinajstić information content (AvgIpc) is 3.05. The highest BCUT2D eigenvalue weighted by Crippen LogP contribution is 2.34. The van der Waals surface area contributed by atoms with Gasteiger partial charge in [-0.3, -0.25) is 14.4 Å². The second kappa shape index (κ2) is 15.6. The van der Waals surface area contributed by atoms with Crippen molar-refractivity contribution in [2.75, 3.05) is 24.9 Å². The van der Waals surface area contributed by atoms with E-state index in [2.05, 4.69) is 16.0 Å². The molecule has 0 fully saturated rings. The molecule has 0 spiro atoms. The SMILES string of the molecule is COc1ccc(/C=C(\NC(=O)c2ccccc2)C(=O)Nc2ccc(SC(C)C(=O)Nc3cc(C(F)(F)F)ccc3Cl)cc2)cc1OC. The van der Waals surface area contributed by atoms with Gasteiger partial charge in [-0.05, 0) is 85.3 Å². The Morgan fingerprint density at radius 2 is 1.53 bits per heavy atom. The molecule has 3 N–H and O–H groups in total. The van der Waals surface area contributed by atoms with Gasteiger partial charge in [0.1, 0.15) is 5.70 Å². The molecule has 1 unspecified atom stereocenters. The van der Waals surface area contributed by atoms with E-state index in [0.717, 1.165) is 30.0 Å². The number of thioether (sulfide) groups is 1. The number of hydrogen-bond acceptors (Lipinski definition) is 6. The van der Waals surface area contributed by atoms with Gasteiger partial charge in [0.2, 0.25) is 5.91 Å². The van der Waals surface area contributed by atoms with Gasteiger partial charge in [-0.15, -0.1) is 11.8 Å². The largest absolute Gasteiger partial charge is 0.493 e. The normalized spacial score (nSPS) is 12.1. The van der Waals surface area contributed by atoms with Gasteiger partial charge in [0, 0.05) is 16.1 Å². The van der Waals surface area contributed by atoms with E-state index < -0.39 is 34.7 Å². The molecule has 4 rings (SSSR count). The Morgan fingerprint density at radius 1 is 0.851 bits per heavy atom. The van der Waals surface area contributed by atoms with Crippen LogP contribution in [0.25, 0.3) is 6.08 Å². The van der Waals surface area contributed by atoms with Crippen LogP contribution < -0.4 is 25.4 Å². The fourth-order valence-corrected chi connectivity index (χ4v) is 5.19. The predicted octanol–water partition coefficient (Wildman–Crippen LogP) is 7.90. The van der Waals surface area contributed by atoms with Gasteiger partial charge in [-0.1, -0.05) is 35.9 Å². The van der Waals surface area contributed by atoms with E-state index in [-0.39, 0.29) is 16.4 Å². The van der Waals surface area contributed by atoms with Gasteiger partial charge in [-0.2, -0.15) is 13.2 Å². The topological polar surface area (TPSA) is 106 Å². The Labute approximate surface area is 278 Å². The molecule has 4 aromatic carbocycles. The average molecular weight is 684 g/mol. The summed E-state index contributed by atoms with van der Waals surface area (Å²) in [5.74, 6) is -0.710. The molecule has 0 aliphatic carbocycles. The lowest BCUT2D eigenvalue weighted by molar-refractivity contribution is -0.137. The molecular weight excluding hydrogens is 655 g/mol. The minimum Gasteiger partial charge on any atom is -0.493 e. The monoisotopic (exact) mass is 683 g/mol. The van der Waals surface area contributed by atoms with Gasteiger partial charge in [0.15, 0.2) is 11.5 Å². The van der Waals surface area contributed by atoms with E-state index in [4.69, 9.17) is 21.1 Å². The summed E-state index contributed by atoms with van der Waals surface area (Å²) in [6.07, 6.45) is -3.09. The Morgan fingerprint density at radius 3 is 2.17 bits per heavy atom. The fourth-order valence-electron chi connectivity index (χ4n) is 4.16. The third-order valence-corrected chi connectivity index (χ3v) is 8.03. The van der Waals surface area contributed by atoms with Crippen LogP contribution in [-0.4, -0.2) is 37.2 Å². The zero-order chi connectivity index (χ0) is 34.1. The first kappa shape index (κ1) is 34.9. The predicted molar refractivity (Wildman–Crippen MR) is 177 cm³/mol. The molecule has 0 aromatic heterocycles. The van der Waals surface area contributed by atoms with Gasteiger partial charge in [-0.25, -0.2) is 0 Å². The minimum atomic E-state index is -4.59. The van der Waals surface area contributed by atoms with Crippen molar-refractivity contribution in [1.82, 2.24) is 5.32 Å². The van der Waals surface area contributed by atoms with Crippen molar-refractivity contribution in [2.45, 2.75) is 23.2 Å². The first-order valence-corrected chi connectivity index (χ1v) is 15.2. The van der Waals surface area contributed by atoms with Gasteiger partial charge in [0.05, 0.1) is 35.7 Å². The lowest BCUT2D eigenvalue weighted by Gasteiger charge is -2.15. The standard InChI is InChI=1S/C34H29ClF3N3O5S/c1-20(31(42)40-27-19-23(34(36,37)38)10-15-26(27)35)47-25-13-11-24(12-14-25)39-33(44)28(41-32(43)22-7-5-4-6-8-22)17-21-9-16-29(45-2)30(18-21)46-3/h4-20H,1-3H3,(H,39,44)(H,40,42)(H,41,43)/b28-17-. The minimum absolute atomic E-state index is 0.0249. The van der Waals surface area contributed by atoms with E-state index in [9.17, 15) is 27.6 Å². The number of anilines is 2. The molecule has 0 saturated carbocycles. The number of carbonyl (C=O) groups is 3. The molecule has 0 radical (unpaired) electrons. The van der Waals surface area contributed by atoms with Crippen molar-refractivity contribution in [3.05, 3.63) is 118 Å². The van der Waals surface area contributed by atoms with Crippen LogP contribution in [0.5, 0.6) is 11.5 Å². The number of alkyl halides is 3. The maximum Gasteiger partial charge on any atom is 0.416 e. The number of benzene rings is 4. The number of nitrogens with one attached hydrogen (secondary N) is 3. The van der Waals surface area contributed by atoms with Gasteiger partial charge < -0.3 is 25.4 Å². The molecular formula is C34H29ClF3N3O5S. The molecule has 8 nitrogen and oxygen atoms in total. The third kappa shape index (κ3) is 9.53. The van der Waals surface area contributed by atoms with Crippen LogP contribution in [-0.2, 0) is 15.8 Å². The number of rotatable bonds is 11. The number of amides is 3. The highest BCUT2D eigenvalue weighted by atomic mass is 35.5. The molecule has 244 valence electrons. The number of carbonyl (C=O) groups excluding carboxylic acids is 3. The summed E-state index contributed by atoms with van der Waals surface area (Å²) in [6.45, 7) is 1.60. The van der Waals surface area contributed by atoms with Crippen molar-refractivity contribution in [2.24, 2.45) is 0 Å². The second-order valence-electron chi connectivity index (χ2n) is 9.91. The lowest BCUT2D eigenvalue weighted by atomic mass is 10.1. The van der Waals surface area contributed by atoms with Gasteiger partial charge in [0.25, 0.3) is 11.8 Å². The highest BCUT2D eigenvalue weighted by molar-refractivity contribution is 8.00. The maximum absolute atomic E-state index is 13.4. The Bertz CT molecular complexity index is 1780. The summed E-state index contributed by atoms with van der Waals surface area (Å²) in [7, 11) is 2.99. The number of ether oxygens (including phenoxy) is 2. The first-order valence-electron chi connectivity index (χ1n) is 13.9. The summed E-state index contributed by atoms with van der Waals surface area (Å²) in [6, 6.07) is 22.7. The quantitative estimate of drug-likeness (QED) is 0.110. The highest BCUT2D eigenvalue weighted by Gasteiger charge is 2.31. The number of hydrogen-bond donors (Lipinski definition) is 3. The van der Waals surface area contributed by atoms with E-state index in [1.807, 2.05) is 0 Å². The molecule has 0 bridgehead atoms. The maximum atomic E-state index is 13.4. The second-order valence-corrected chi connectivity index (χ2v) is 11.7. The fraction of sp³-hybridized carbons (Fsp3) is 0.147. The smallest absolute Gasteiger partial charge is 0.416 e. The summed E-state index contributed by atoms with van der Waals surface area (Å²) in [5, 5.41) is 7.15. The zero-order valence-corrected chi connectivity index (χ0v) is 26.8. The molecule has 0 aliphatic rings. The van der Waals surface area contributed by atoms with Gasteiger partial charge >= 0.3 is 6.18 Å². The van der Waals surface area contributed by atoms with Crippen molar-refractivity contribution in [3.63, 3.8) is 0 Å². The van der Waals surface area contributed by atoms with Crippen molar-refractivity contribution < 1.29 is 37.0 Å².